The van der Waals surface area contributed by atoms with Crippen molar-refractivity contribution < 1.29 is 14.0 Å². The summed E-state index contributed by atoms with van der Waals surface area (Å²) in [6.45, 7) is 0. The van der Waals surface area contributed by atoms with E-state index in [0.29, 0.717) is 11.5 Å². The van der Waals surface area contributed by atoms with Crippen LogP contribution in [0, 0.1) is 5.82 Å². The summed E-state index contributed by atoms with van der Waals surface area (Å²) >= 11 is 0. The number of benzene rings is 2. The fraction of sp³-hybridized carbons (Fsp3) is 0.0667. The van der Waals surface area contributed by atoms with Crippen LogP contribution in [0.25, 0.3) is 22.8 Å². The Labute approximate surface area is 120 Å². The number of hydrogen-bond donors (Lipinski definition) is 2. The van der Waals surface area contributed by atoms with Crippen LogP contribution in [0.15, 0.2) is 47.0 Å². The molecule has 0 spiro atoms. The van der Waals surface area contributed by atoms with Crippen LogP contribution in [0.1, 0.15) is 0 Å². The van der Waals surface area contributed by atoms with E-state index in [1.54, 1.807) is 0 Å². The molecule has 106 valence electrons. The lowest BCUT2D eigenvalue weighted by atomic mass is 10.2. The van der Waals surface area contributed by atoms with Crippen molar-refractivity contribution in [2.24, 2.45) is 0 Å². The maximum absolute atomic E-state index is 13.3. The van der Waals surface area contributed by atoms with Crippen LogP contribution in [-0.4, -0.2) is 22.3 Å². The standard InChI is InChI=1S/C15H12FN3O2/c1-17-11-5-2-9(3-6-11)15-18-14(19-21-15)10-4-7-13(20)12(16)8-10/h2-8,17,20H,1H3. The molecular weight excluding hydrogens is 273 g/mol. The molecule has 6 heteroatoms. The average molecular weight is 285 g/mol. The van der Waals surface area contributed by atoms with E-state index in [9.17, 15) is 9.50 Å². The van der Waals surface area contributed by atoms with Crippen molar-refractivity contribution in [2.45, 2.75) is 0 Å². The highest BCUT2D eigenvalue weighted by Gasteiger charge is 2.12. The van der Waals surface area contributed by atoms with Gasteiger partial charge in [0.15, 0.2) is 11.6 Å². The van der Waals surface area contributed by atoms with Crippen molar-refractivity contribution in [2.75, 3.05) is 12.4 Å². The average Bonchev–Trinajstić information content (AvgIpc) is 3.00. The van der Waals surface area contributed by atoms with Gasteiger partial charge < -0.3 is 14.9 Å². The number of anilines is 1. The molecule has 0 unspecified atom stereocenters. The molecule has 21 heavy (non-hydrogen) atoms. The molecule has 0 saturated carbocycles. The third kappa shape index (κ3) is 2.55. The summed E-state index contributed by atoms with van der Waals surface area (Å²) in [7, 11) is 1.83. The number of halogens is 1. The maximum atomic E-state index is 13.3. The molecule has 0 atom stereocenters. The first-order chi connectivity index (χ1) is 10.2. The molecule has 1 aromatic heterocycles. The monoisotopic (exact) mass is 285 g/mol. The molecule has 0 aliphatic heterocycles. The molecule has 0 saturated heterocycles. The third-order valence-electron chi connectivity index (χ3n) is 3.05. The number of aromatic nitrogens is 2. The first-order valence-electron chi connectivity index (χ1n) is 6.28. The van der Waals surface area contributed by atoms with Crippen LogP contribution in [0.3, 0.4) is 0 Å². The minimum Gasteiger partial charge on any atom is -0.505 e. The Morgan fingerprint density at radius 1 is 1.10 bits per heavy atom. The van der Waals surface area contributed by atoms with Gasteiger partial charge in [-0.3, -0.25) is 0 Å². The van der Waals surface area contributed by atoms with E-state index in [1.807, 2.05) is 31.3 Å². The van der Waals surface area contributed by atoms with E-state index in [2.05, 4.69) is 15.5 Å². The molecular formula is C15H12FN3O2. The minimum atomic E-state index is -0.725. The first kappa shape index (κ1) is 13.1. The fourth-order valence-corrected chi connectivity index (χ4v) is 1.88. The van der Waals surface area contributed by atoms with E-state index >= 15 is 0 Å². The van der Waals surface area contributed by atoms with E-state index < -0.39 is 11.6 Å². The molecule has 3 rings (SSSR count). The summed E-state index contributed by atoms with van der Waals surface area (Å²) in [5.74, 6) is -0.523. The molecule has 0 fully saturated rings. The number of nitrogens with zero attached hydrogens (tertiary/aromatic N) is 2. The predicted octanol–water partition coefficient (Wildman–Crippen LogP) is 3.29. The zero-order valence-electron chi connectivity index (χ0n) is 11.2. The lowest BCUT2D eigenvalue weighted by molar-refractivity contribution is 0.430. The van der Waals surface area contributed by atoms with Gasteiger partial charge >= 0.3 is 0 Å². The van der Waals surface area contributed by atoms with Gasteiger partial charge in [0.05, 0.1) is 0 Å². The van der Waals surface area contributed by atoms with Crippen molar-refractivity contribution in [1.82, 2.24) is 10.1 Å². The molecule has 0 aliphatic rings. The lowest BCUT2D eigenvalue weighted by Crippen LogP contribution is -1.87. The molecule has 0 bridgehead atoms. The number of phenols is 1. The summed E-state index contributed by atoms with van der Waals surface area (Å²) in [5.41, 5.74) is 2.18. The smallest absolute Gasteiger partial charge is 0.258 e. The van der Waals surface area contributed by atoms with Crippen molar-refractivity contribution in [1.29, 1.82) is 0 Å². The topological polar surface area (TPSA) is 71.2 Å². The van der Waals surface area contributed by atoms with Crippen LogP contribution in [0.5, 0.6) is 5.75 Å². The number of nitrogens with one attached hydrogen (secondary N) is 1. The summed E-state index contributed by atoms with van der Waals surface area (Å²) in [4.78, 5) is 4.23. The van der Waals surface area contributed by atoms with Crippen LogP contribution >= 0.6 is 0 Å². The highest BCUT2D eigenvalue weighted by Crippen LogP contribution is 2.26. The third-order valence-corrected chi connectivity index (χ3v) is 3.05. The van der Waals surface area contributed by atoms with E-state index in [1.165, 1.54) is 12.1 Å². The summed E-state index contributed by atoms with van der Waals surface area (Å²) in [6.07, 6.45) is 0. The minimum absolute atomic E-state index is 0.265. The fourth-order valence-electron chi connectivity index (χ4n) is 1.88. The maximum Gasteiger partial charge on any atom is 0.258 e. The Hall–Kier alpha value is -2.89. The summed E-state index contributed by atoms with van der Waals surface area (Å²) in [6, 6.07) is 11.4. The van der Waals surface area contributed by atoms with Gasteiger partial charge in [-0.25, -0.2) is 4.39 Å². The SMILES string of the molecule is CNc1ccc(-c2nc(-c3ccc(O)c(F)c3)no2)cc1. The van der Waals surface area contributed by atoms with Crippen molar-refractivity contribution in [3.8, 4) is 28.6 Å². The van der Waals surface area contributed by atoms with Crippen LogP contribution in [-0.2, 0) is 0 Å². The molecule has 3 aromatic rings. The van der Waals surface area contributed by atoms with E-state index in [4.69, 9.17) is 4.52 Å². The Morgan fingerprint density at radius 3 is 2.48 bits per heavy atom. The summed E-state index contributed by atoms with van der Waals surface area (Å²) in [5, 5.41) is 16.0. The first-order valence-corrected chi connectivity index (χ1v) is 6.28. The van der Waals surface area contributed by atoms with Crippen LogP contribution in [0.2, 0.25) is 0 Å². The van der Waals surface area contributed by atoms with Gasteiger partial charge in [0, 0.05) is 23.9 Å². The number of rotatable bonds is 3. The Balaban J connectivity index is 1.93. The predicted molar refractivity (Wildman–Crippen MR) is 76.3 cm³/mol. The molecule has 1 heterocycles. The highest BCUT2D eigenvalue weighted by atomic mass is 19.1. The Bertz CT molecular complexity index is 769. The quantitative estimate of drug-likeness (QED) is 0.772. The largest absolute Gasteiger partial charge is 0.505 e. The van der Waals surface area contributed by atoms with Gasteiger partial charge in [0.25, 0.3) is 5.89 Å². The number of hydrogen-bond acceptors (Lipinski definition) is 5. The molecule has 5 nitrogen and oxygen atoms in total. The molecule has 0 amide bonds. The van der Waals surface area contributed by atoms with Gasteiger partial charge in [-0.2, -0.15) is 4.98 Å². The lowest BCUT2D eigenvalue weighted by Gasteiger charge is -1.99. The van der Waals surface area contributed by atoms with Gasteiger partial charge in [0.1, 0.15) is 0 Å². The van der Waals surface area contributed by atoms with Crippen molar-refractivity contribution in [3.63, 3.8) is 0 Å². The van der Waals surface area contributed by atoms with Crippen LogP contribution < -0.4 is 5.32 Å². The van der Waals surface area contributed by atoms with Gasteiger partial charge in [-0.15, -0.1) is 0 Å². The van der Waals surface area contributed by atoms with E-state index in [-0.39, 0.29) is 5.82 Å². The van der Waals surface area contributed by atoms with Gasteiger partial charge in [0.2, 0.25) is 5.82 Å². The normalized spacial score (nSPS) is 10.6. The second-order valence-electron chi connectivity index (χ2n) is 4.42. The second kappa shape index (κ2) is 5.24. The summed E-state index contributed by atoms with van der Waals surface area (Å²) < 4.78 is 18.5. The van der Waals surface area contributed by atoms with Gasteiger partial charge in [-0.05, 0) is 42.5 Å². The zero-order chi connectivity index (χ0) is 14.8. The Morgan fingerprint density at radius 2 is 1.81 bits per heavy atom. The molecule has 2 N–H and O–H groups in total. The van der Waals surface area contributed by atoms with Crippen molar-refractivity contribution in [3.05, 3.63) is 48.3 Å². The Kier molecular flexibility index (Phi) is 3.27. The molecule has 0 radical (unpaired) electrons. The number of aromatic hydroxyl groups is 1. The molecule has 2 aromatic carbocycles. The zero-order valence-corrected chi connectivity index (χ0v) is 11.2. The second-order valence-corrected chi connectivity index (χ2v) is 4.42. The van der Waals surface area contributed by atoms with Crippen LogP contribution in [0.4, 0.5) is 10.1 Å². The van der Waals surface area contributed by atoms with Crippen molar-refractivity contribution >= 4 is 5.69 Å². The molecule has 0 aliphatic carbocycles. The van der Waals surface area contributed by atoms with E-state index in [0.717, 1.165) is 17.3 Å². The highest BCUT2D eigenvalue weighted by molar-refractivity contribution is 5.62. The number of phenolic OH excluding ortho intramolecular Hbond substituents is 1. The van der Waals surface area contributed by atoms with Gasteiger partial charge in [-0.1, -0.05) is 5.16 Å².